The van der Waals surface area contributed by atoms with Gasteiger partial charge in [0, 0.05) is 39.4 Å². The number of aromatic nitrogens is 1. The van der Waals surface area contributed by atoms with Gasteiger partial charge in [-0.25, -0.2) is 0 Å². The Hall–Kier alpha value is -0.530. The lowest BCUT2D eigenvalue weighted by molar-refractivity contribution is -0.120. The molecule has 0 fully saturated rings. The number of aryl methyl sites for hydroxylation is 1. The molecule has 0 aliphatic rings. The molecule has 18 heavy (non-hydrogen) atoms. The van der Waals surface area contributed by atoms with Gasteiger partial charge < -0.3 is 10.3 Å². The van der Waals surface area contributed by atoms with E-state index < -0.39 is 10.8 Å². The molecule has 4 nitrogen and oxygen atoms in total. The third-order valence-electron chi connectivity index (χ3n) is 2.68. The van der Waals surface area contributed by atoms with Crippen LogP contribution in [0, 0.1) is 10.9 Å². The summed E-state index contributed by atoms with van der Waals surface area (Å²) in [5, 5.41) is 2.95. The van der Waals surface area contributed by atoms with Gasteiger partial charge in [0.15, 0.2) is 3.95 Å². The van der Waals surface area contributed by atoms with Crippen molar-refractivity contribution in [2.75, 3.05) is 12.8 Å². The largest absolute Gasteiger partial charge is 0.356 e. The van der Waals surface area contributed by atoms with Crippen LogP contribution >= 0.6 is 23.6 Å². The van der Waals surface area contributed by atoms with Crippen LogP contribution < -0.4 is 5.32 Å². The lowest BCUT2D eigenvalue weighted by atomic mass is 10.3. The van der Waals surface area contributed by atoms with E-state index in [2.05, 4.69) is 10.3 Å². The Balaban J connectivity index is 2.36. The molecule has 2 N–H and O–H groups in total. The standard InChI is InChI=1S/C11H18N2O2S3/c1-7(18(3)15)4-5-12-10(14)6-9-8(2)13-11(16)17-9/h7H,4-6H2,1-3H3,(H,12,14)(H,13,16). The lowest BCUT2D eigenvalue weighted by Gasteiger charge is -2.09. The van der Waals surface area contributed by atoms with Gasteiger partial charge in [-0.05, 0) is 25.6 Å². The molecule has 0 radical (unpaired) electrons. The smallest absolute Gasteiger partial charge is 0.225 e. The third-order valence-corrected chi connectivity index (χ3v) is 5.39. The van der Waals surface area contributed by atoms with Gasteiger partial charge in [0.1, 0.15) is 0 Å². The van der Waals surface area contributed by atoms with Crippen LogP contribution in [-0.2, 0) is 22.0 Å². The molecule has 0 aliphatic carbocycles. The Morgan fingerprint density at radius 3 is 2.78 bits per heavy atom. The highest BCUT2D eigenvalue weighted by Gasteiger charge is 2.10. The molecule has 0 saturated heterocycles. The second-order valence-corrected chi connectivity index (χ2v) is 7.76. The summed E-state index contributed by atoms with van der Waals surface area (Å²) in [4.78, 5) is 15.7. The average molecular weight is 306 g/mol. The van der Waals surface area contributed by atoms with Gasteiger partial charge in [0.2, 0.25) is 5.91 Å². The number of aromatic amines is 1. The first kappa shape index (κ1) is 15.5. The minimum atomic E-state index is -0.831. The van der Waals surface area contributed by atoms with Gasteiger partial charge >= 0.3 is 0 Å². The van der Waals surface area contributed by atoms with E-state index in [1.165, 1.54) is 11.3 Å². The predicted octanol–water partition coefficient (Wildman–Crippen LogP) is 1.93. The highest BCUT2D eigenvalue weighted by atomic mass is 32.2. The summed E-state index contributed by atoms with van der Waals surface area (Å²) in [6.07, 6.45) is 2.77. The van der Waals surface area contributed by atoms with Crippen molar-refractivity contribution >= 4 is 40.3 Å². The van der Waals surface area contributed by atoms with Crippen LogP contribution in [0.4, 0.5) is 0 Å². The molecule has 1 aromatic heterocycles. The van der Waals surface area contributed by atoms with E-state index in [1.54, 1.807) is 6.26 Å². The molecule has 0 aliphatic heterocycles. The summed E-state index contributed by atoms with van der Waals surface area (Å²) in [7, 11) is -0.831. The van der Waals surface area contributed by atoms with Gasteiger partial charge in [-0.2, -0.15) is 0 Å². The zero-order valence-electron chi connectivity index (χ0n) is 10.7. The summed E-state index contributed by atoms with van der Waals surface area (Å²) >= 11 is 6.46. The van der Waals surface area contributed by atoms with Crippen molar-refractivity contribution in [3.8, 4) is 0 Å². The third kappa shape index (κ3) is 4.99. The summed E-state index contributed by atoms with van der Waals surface area (Å²) in [5.41, 5.74) is 0.961. The summed E-state index contributed by atoms with van der Waals surface area (Å²) in [6.45, 7) is 4.40. The first-order chi connectivity index (χ1) is 8.40. The molecule has 7 heteroatoms. The summed E-state index contributed by atoms with van der Waals surface area (Å²) in [5.74, 6) is -0.0163. The SMILES string of the molecule is Cc1[nH]c(=S)sc1CC(=O)NCCC(C)S(C)=O. The average Bonchev–Trinajstić information content (AvgIpc) is 2.57. The number of hydrogen-bond donors (Lipinski definition) is 2. The number of amides is 1. The number of H-pyrrole nitrogens is 1. The van der Waals surface area contributed by atoms with Crippen molar-refractivity contribution in [1.82, 2.24) is 10.3 Å². The lowest BCUT2D eigenvalue weighted by Crippen LogP contribution is -2.28. The minimum absolute atomic E-state index is 0.0163. The number of thiazole rings is 1. The molecule has 1 rings (SSSR count). The molecule has 0 saturated carbocycles. The Labute approximate surface area is 119 Å². The fourth-order valence-electron chi connectivity index (χ4n) is 1.39. The van der Waals surface area contributed by atoms with Crippen molar-refractivity contribution in [2.24, 2.45) is 0 Å². The predicted molar refractivity (Wildman–Crippen MR) is 79.1 cm³/mol. The molecule has 2 atom stereocenters. The number of carbonyl (C=O) groups excluding carboxylic acids is 1. The first-order valence-electron chi connectivity index (χ1n) is 5.67. The van der Waals surface area contributed by atoms with E-state index in [9.17, 15) is 9.00 Å². The van der Waals surface area contributed by atoms with Crippen molar-refractivity contribution in [3.63, 3.8) is 0 Å². The van der Waals surface area contributed by atoms with Gasteiger partial charge in [-0.3, -0.25) is 9.00 Å². The zero-order chi connectivity index (χ0) is 13.7. The van der Waals surface area contributed by atoms with Gasteiger partial charge in [-0.15, -0.1) is 11.3 Å². The van der Waals surface area contributed by atoms with E-state index in [0.717, 1.165) is 17.0 Å². The molecule has 1 aromatic rings. The Morgan fingerprint density at radius 1 is 1.61 bits per heavy atom. The quantitative estimate of drug-likeness (QED) is 0.790. The molecule has 1 heterocycles. The van der Waals surface area contributed by atoms with Crippen LogP contribution in [0.2, 0.25) is 0 Å². The topological polar surface area (TPSA) is 62.0 Å². The van der Waals surface area contributed by atoms with Crippen LogP contribution in [-0.4, -0.2) is 33.2 Å². The highest BCUT2D eigenvalue weighted by molar-refractivity contribution is 7.84. The van der Waals surface area contributed by atoms with Gasteiger partial charge in [-0.1, -0.05) is 6.92 Å². The molecule has 2 unspecified atom stereocenters. The van der Waals surface area contributed by atoms with E-state index >= 15 is 0 Å². The molecule has 0 spiro atoms. The summed E-state index contributed by atoms with van der Waals surface area (Å²) < 4.78 is 11.8. The van der Waals surface area contributed by atoms with Crippen LogP contribution in [0.3, 0.4) is 0 Å². The fraction of sp³-hybridized carbons (Fsp3) is 0.636. The van der Waals surface area contributed by atoms with E-state index in [0.29, 0.717) is 16.9 Å². The number of nitrogens with one attached hydrogen (secondary N) is 2. The highest BCUT2D eigenvalue weighted by Crippen LogP contribution is 2.14. The summed E-state index contributed by atoms with van der Waals surface area (Å²) in [6, 6.07) is 0. The van der Waals surface area contributed by atoms with Crippen molar-refractivity contribution in [2.45, 2.75) is 31.9 Å². The number of carbonyl (C=O) groups is 1. The molecule has 1 amide bonds. The maximum Gasteiger partial charge on any atom is 0.225 e. The van der Waals surface area contributed by atoms with Crippen LogP contribution in [0.25, 0.3) is 0 Å². The Morgan fingerprint density at radius 2 is 2.28 bits per heavy atom. The van der Waals surface area contributed by atoms with Crippen molar-refractivity contribution < 1.29 is 9.00 Å². The monoisotopic (exact) mass is 306 g/mol. The van der Waals surface area contributed by atoms with Crippen LogP contribution in [0.1, 0.15) is 23.9 Å². The van der Waals surface area contributed by atoms with E-state index in [1.807, 2.05) is 13.8 Å². The second-order valence-electron chi connectivity index (χ2n) is 4.19. The van der Waals surface area contributed by atoms with Crippen LogP contribution in [0.5, 0.6) is 0 Å². The Kier molecular flexibility index (Phi) is 6.17. The normalized spacial score (nSPS) is 14.2. The van der Waals surface area contributed by atoms with Gasteiger partial charge in [0.05, 0.1) is 6.42 Å². The molecular formula is C11H18N2O2S3. The maximum atomic E-state index is 11.7. The molecule has 102 valence electrons. The Bertz CT molecular complexity index is 493. The van der Waals surface area contributed by atoms with E-state index in [-0.39, 0.29) is 11.2 Å². The number of rotatable bonds is 6. The zero-order valence-corrected chi connectivity index (χ0v) is 13.2. The van der Waals surface area contributed by atoms with Crippen LogP contribution in [0.15, 0.2) is 0 Å². The fourth-order valence-corrected chi connectivity index (χ4v) is 3.13. The maximum absolute atomic E-state index is 11.7. The van der Waals surface area contributed by atoms with Crippen molar-refractivity contribution in [1.29, 1.82) is 0 Å². The second kappa shape index (κ2) is 7.16. The first-order valence-corrected chi connectivity index (χ1v) is 8.52. The number of hydrogen-bond acceptors (Lipinski definition) is 4. The molecular weight excluding hydrogens is 288 g/mol. The van der Waals surface area contributed by atoms with Crippen molar-refractivity contribution in [3.05, 3.63) is 14.5 Å². The van der Waals surface area contributed by atoms with Gasteiger partial charge in [0.25, 0.3) is 0 Å². The molecule has 0 bridgehead atoms. The van der Waals surface area contributed by atoms with E-state index in [4.69, 9.17) is 12.2 Å². The minimum Gasteiger partial charge on any atom is -0.356 e. The molecule has 0 aromatic carbocycles.